The van der Waals surface area contributed by atoms with Crippen LogP contribution in [0.25, 0.3) is 0 Å². The van der Waals surface area contributed by atoms with Gasteiger partial charge in [0.2, 0.25) is 5.91 Å². The highest BCUT2D eigenvalue weighted by Gasteiger charge is 2.34. The lowest BCUT2D eigenvalue weighted by Gasteiger charge is -2.41. The van der Waals surface area contributed by atoms with Crippen molar-refractivity contribution in [3.63, 3.8) is 0 Å². The average molecular weight is 466 g/mol. The first-order chi connectivity index (χ1) is 16.5. The molecule has 4 rings (SSSR count). The number of likely N-dealkylation sites (N-methyl/N-ethyl adjacent to an activating group) is 1. The van der Waals surface area contributed by atoms with Crippen LogP contribution >= 0.6 is 0 Å². The number of amides is 1. The fraction of sp³-hybridized carbons (Fsp3) is 0.500. The van der Waals surface area contributed by atoms with Crippen molar-refractivity contribution in [1.82, 2.24) is 9.80 Å². The van der Waals surface area contributed by atoms with Gasteiger partial charge in [0.25, 0.3) is 0 Å². The molecule has 1 aliphatic heterocycles. The van der Waals surface area contributed by atoms with Crippen LogP contribution in [0.2, 0.25) is 0 Å². The molecule has 1 unspecified atom stereocenters. The summed E-state index contributed by atoms with van der Waals surface area (Å²) in [5.74, 6) is -0.379. The summed E-state index contributed by atoms with van der Waals surface area (Å²) in [7, 11) is 0. The van der Waals surface area contributed by atoms with Gasteiger partial charge in [-0.1, -0.05) is 49.2 Å². The minimum Gasteiger partial charge on any atom is -0.367 e. The Kier molecular flexibility index (Phi) is 7.99. The normalized spacial score (nSPS) is 18.1. The number of hydrogen-bond donors (Lipinski definition) is 0. The van der Waals surface area contributed by atoms with Gasteiger partial charge in [0.05, 0.1) is 11.3 Å². The van der Waals surface area contributed by atoms with Crippen molar-refractivity contribution in [1.29, 1.82) is 0 Å². The monoisotopic (exact) mass is 465 g/mol. The van der Waals surface area contributed by atoms with E-state index < -0.39 is 5.82 Å². The van der Waals surface area contributed by atoms with E-state index in [1.807, 2.05) is 54.0 Å². The highest BCUT2D eigenvalue weighted by Crippen LogP contribution is 2.32. The lowest BCUT2D eigenvalue weighted by atomic mass is 9.95. The van der Waals surface area contributed by atoms with Crippen molar-refractivity contribution in [2.24, 2.45) is 5.92 Å². The topological polar surface area (TPSA) is 43.9 Å². The van der Waals surface area contributed by atoms with Gasteiger partial charge in [-0.2, -0.15) is 0 Å². The van der Waals surface area contributed by atoms with Crippen LogP contribution in [0.15, 0.2) is 48.5 Å². The van der Waals surface area contributed by atoms with E-state index >= 15 is 4.39 Å². The molecule has 1 amide bonds. The fourth-order valence-corrected chi connectivity index (χ4v) is 5.44. The molecule has 2 aromatic rings. The summed E-state index contributed by atoms with van der Waals surface area (Å²) in [6, 6.07) is 14.8. The second-order valence-electron chi connectivity index (χ2n) is 9.33. The second kappa shape index (κ2) is 11.1. The number of benzene rings is 2. The molecule has 5 nitrogen and oxygen atoms in total. The molecule has 0 bridgehead atoms. The molecule has 0 N–H and O–H groups in total. The van der Waals surface area contributed by atoms with E-state index in [4.69, 9.17) is 0 Å². The Labute approximate surface area is 202 Å². The molecule has 1 saturated carbocycles. The van der Waals surface area contributed by atoms with Gasteiger partial charge in [-0.05, 0) is 44.4 Å². The van der Waals surface area contributed by atoms with Gasteiger partial charge in [0.1, 0.15) is 6.04 Å². The zero-order chi connectivity index (χ0) is 24.1. The van der Waals surface area contributed by atoms with Gasteiger partial charge in [0.15, 0.2) is 11.6 Å². The Morgan fingerprint density at radius 2 is 1.59 bits per heavy atom. The number of piperazine rings is 1. The van der Waals surface area contributed by atoms with Gasteiger partial charge >= 0.3 is 0 Å². The molecule has 2 fully saturated rings. The fourth-order valence-electron chi connectivity index (χ4n) is 5.44. The molecule has 1 aliphatic carbocycles. The van der Waals surface area contributed by atoms with Crippen molar-refractivity contribution in [3.05, 3.63) is 65.5 Å². The van der Waals surface area contributed by atoms with Crippen LogP contribution in [0.1, 0.15) is 61.5 Å². The predicted molar refractivity (Wildman–Crippen MR) is 134 cm³/mol. The molecule has 0 spiro atoms. The summed E-state index contributed by atoms with van der Waals surface area (Å²) in [6.45, 7) is 7.85. The predicted octanol–water partition coefficient (Wildman–Crippen LogP) is 4.93. The Morgan fingerprint density at radius 1 is 0.941 bits per heavy atom. The molecular formula is C28H36FN3O2. The quantitative estimate of drug-likeness (QED) is 0.519. The van der Waals surface area contributed by atoms with Crippen molar-refractivity contribution >= 4 is 17.4 Å². The average Bonchev–Trinajstić information content (AvgIpc) is 3.41. The van der Waals surface area contributed by atoms with E-state index in [1.54, 1.807) is 18.2 Å². The van der Waals surface area contributed by atoms with Gasteiger partial charge in [-0.3, -0.25) is 14.5 Å². The first kappa shape index (κ1) is 24.4. The SMILES string of the molecule is CCN(CC)C(=O)C(c1ccccc1)N1CCN(c2cccc(C(=O)C3CCCC3)c2F)CC1. The van der Waals surface area contributed by atoms with Crippen LogP contribution in [-0.2, 0) is 4.79 Å². The molecule has 2 aromatic carbocycles. The van der Waals surface area contributed by atoms with E-state index in [1.165, 1.54) is 0 Å². The summed E-state index contributed by atoms with van der Waals surface area (Å²) >= 11 is 0. The van der Waals surface area contributed by atoms with Crippen LogP contribution in [0, 0.1) is 11.7 Å². The molecule has 1 saturated heterocycles. The summed E-state index contributed by atoms with van der Waals surface area (Å²) in [4.78, 5) is 32.4. The first-order valence-corrected chi connectivity index (χ1v) is 12.7. The van der Waals surface area contributed by atoms with Crippen LogP contribution in [0.4, 0.5) is 10.1 Å². The molecule has 1 atom stereocenters. The van der Waals surface area contributed by atoms with Crippen molar-refractivity contribution in [2.45, 2.75) is 45.6 Å². The lowest BCUT2D eigenvalue weighted by Crippen LogP contribution is -2.52. The maximum atomic E-state index is 15.5. The van der Waals surface area contributed by atoms with Crippen LogP contribution in [0.5, 0.6) is 0 Å². The number of Topliss-reactive ketones (excluding diaryl/α,β-unsaturated/α-hetero) is 1. The third-order valence-corrected chi connectivity index (χ3v) is 7.41. The maximum absolute atomic E-state index is 15.5. The summed E-state index contributed by atoms with van der Waals surface area (Å²) < 4.78 is 15.5. The van der Waals surface area contributed by atoms with E-state index in [-0.39, 0.29) is 29.2 Å². The van der Waals surface area contributed by atoms with Gasteiger partial charge in [0, 0.05) is 45.2 Å². The highest BCUT2D eigenvalue weighted by atomic mass is 19.1. The molecule has 1 heterocycles. The standard InChI is InChI=1S/C28H36FN3O2/c1-3-30(4-2)28(34)26(21-11-6-5-7-12-21)32-19-17-31(18-20-32)24-16-10-15-23(25(24)29)27(33)22-13-8-9-14-22/h5-7,10-12,15-16,22,26H,3-4,8-9,13-14,17-20H2,1-2H3. The van der Waals surface area contributed by atoms with Crippen LogP contribution < -0.4 is 4.90 Å². The number of rotatable bonds is 8. The number of carbonyl (C=O) groups excluding carboxylic acids is 2. The Hall–Kier alpha value is -2.73. The second-order valence-corrected chi connectivity index (χ2v) is 9.33. The van der Waals surface area contributed by atoms with Crippen molar-refractivity contribution in [2.75, 3.05) is 44.2 Å². The Bertz CT molecular complexity index is 978. The number of anilines is 1. The van der Waals surface area contributed by atoms with Crippen LogP contribution in [-0.4, -0.2) is 60.8 Å². The zero-order valence-corrected chi connectivity index (χ0v) is 20.4. The first-order valence-electron chi connectivity index (χ1n) is 12.7. The minimum atomic E-state index is -0.397. The van der Waals surface area contributed by atoms with E-state index in [0.717, 1.165) is 31.2 Å². The zero-order valence-electron chi connectivity index (χ0n) is 20.4. The smallest absolute Gasteiger partial charge is 0.244 e. The van der Waals surface area contributed by atoms with Gasteiger partial charge in [-0.15, -0.1) is 0 Å². The molecule has 0 aromatic heterocycles. The number of nitrogens with zero attached hydrogens (tertiary/aromatic N) is 3. The molecule has 182 valence electrons. The molecular weight excluding hydrogens is 429 g/mol. The molecule has 6 heteroatoms. The third-order valence-electron chi connectivity index (χ3n) is 7.41. The van der Waals surface area contributed by atoms with E-state index in [2.05, 4.69) is 4.90 Å². The highest BCUT2D eigenvalue weighted by molar-refractivity contribution is 5.99. The van der Waals surface area contributed by atoms with Crippen molar-refractivity contribution in [3.8, 4) is 0 Å². The maximum Gasteiger partial charge on any atom is 0.244 e. The number of hydrogen-bond acceptors (Lipinski definition) is 4. The lowest BCUT2D eigenvalue weighted by molar-refractivity contribution is -0.137. The third kappa shape index (κ3) is 5.02. The van der Waals surface area contributed by atoms with Gasteiger partial charge in [-0.25, -0.2) is 4.39 Å². The van der Waals surface area contributed by atoms with E-state index in [0.29, 0.717) is 45.0 Å². The van der Waals surface area contributed by atoms with E-state index in [9.17, 15) is 9.59 Å². The van der Waals surface area contributed by atoms with Crippen LogP contribution in [0.3, 0.4) is 0 Å². The number of ketones is 1. The summed E-state index contributed by atoms with van der Waals surface area (Å²) in [5, 5.41) is 0. The Balaban J connectivity index is 1.51. The molecule has 0 radical (unpaired) electrons. The number of halogens is 1. The summed E-state index contributed by atoms with van der Waals surface area (Å²) in [5.41, 5.74) is 1.71. The van der Waals surface area contributed by atoms with Crippen molar-refractivity contribution < 1.29 is 14.0 Å². The minimum absolute atomic E-state index is 0.0423. The summed E-state index contributed by atoms with van der Waals surface area (Å²) in [6.07, 6.45) is 3.83. The Morgan fingerprint density at radius 3 is 2.21 bits per heavy atom. The number of carbonyl (C=O) groups is 2. The molecule has 2 aliphatic rings. The largest absolute Gasteiger partial charge is 0.367 e. The van der Waals surface area contributed by atoms with Gasteiger partial charge < -0.3 is 9.80 Å². The molecule has 34 heavy (non-hydrogen) atoms.